The average Bonchev–Trinajstić information content (AvgIpc) is 2.93. The van der Waals surface area contributed by atoms with E-state index >= 15 is 0 Å². The fourth-order valence-corrected chi connectivity index (χ4v) is 4.46. The van der Waals surface area contributed by atoms with E-state index < -0.39 is 12.7 Å². The molecule has 194 valence electrons. The summed E-state index contributed by atoms with van der Waals surface area (Å²) in [5, 5.41) is 13.8. The number of nitrogens with one attached hydrogen (secondary N) is 1. The van der Waals surface area contributed by atoms with Gasteiger partial charge in [-0.25, -0.2) is 9.97 Å². The van der Waals surface area contributed by atoms with Crippen LogP contribution in [-0.2, 0) is 0 Å². The molecule has 1 atom stereocenters. The number of nitrogens with zero attached hydrogens (tertiary/aromatic N) is 5. The van der Waals surface area contributed by atoms with Gasteiger partial charge in [-0.3, -0.25) is 14.3 Å². The normalized spacial score (nSPS) is 11.8. The van der Waals surface area contributed by atoms with Crippen LogP contribution in [-0.4, -0.2) is 26.1 Å². The monoisotopic (exact) mass is 524 g/mol. The zero-order valence-corrected chi connectivity index (χ0v) is 21.0. The lowest BCUT2D eigenvalue weighted by Gasteiger charge is -2.22. The van der Waals surface area contributed by atoms with Gasteiger partial charge < -0.3 is 10.1 Å². The van der Waals surface area contributed by atoms with Gasteiger partial charge in [0.05, 0.1) is 23.8 Å². The Kier molecular flexibility index (Phi) is 6.97. The molecular formula is C29H22F2N6O2. The number of aromatic nitrogens is 4. The summed E-state index contributed by atoms with van der Waals surface area (Å²) >= 11 is 0. The van der Waals surface area contributed by atoms with Crippen LogP contribution in [0.5, 0.6) is 5.75 Å². The lowest BCUT2D eigenvalue weighted by molar-refractivity contribution is -0.0500. The summed E-state index contributed by atoms with van der Waals surface area (Å²) in [6.07, 6.45) is 4.14. The summed E-state index contributed by atoms with van der Waals surface area (Å²) < 4.78 is 31.8. The maximum Gasteiger partial charge on any atom is 0.387 e. The first-order valence-corrected chi connectivity index (χ1v) is 12.0. The molecule has 0 bridgehead atoms. The zero-order chi connectivity index (χ0) is 27.5. The van der Waals surface area contributed by atoms with Gasteiger partial charge in [0.1, 0.15) is 29.0 Å². The lowest BCUT2D eigenvalue weighted by Crippen LogP contribution is -2.26. The van der Waals surface area contributed by atoms with E-state index in [1.165, 1.54) is 24.7 Å². The first kappa shape index (κ1) is 25.5. The third kappa shape index (κ3) is 5.15. The number of fused-ring (bicyclic) bond motifs is 1. The molecular weight excluding hydrogens is 502 g/mol. The van der Waals surface area contributed by atoms with E-state index in [1.807, 2.05) is 49.4 Å². The molecule has 3 aromatic heterocycles. The van der Waals surface area contributed by atoms with E-state index in [9.17, 15) is 18.8 Å². The summed E-state index contributed by atoms with van der Waals surface area (Å²) in [5.41, 5.74) is 2.23. The Hall–Kier alpha value is -5.17. The summed E-state index contributed by atoms with van der Waals surface area (Å²) in [7, 11) is 0. The number of ether oxygens (including phenoxy) is 1. The second-order valence-corrected chi connectivity index (χ2v) is 8.76. The molecule has 0 aliphatic carbocycles. The molecule has 5 aromatic rings. The van der Waals surface area contributed by atoms with Gasteiger partial charge in [0.2, 0.25) is 0 Å². The Labute approximate surface area is 222 Å². The Morgan fingerprint density at radius 2 is 1.85 bits per heavy atom. The number of nitriles is 1. The van der Waals surface area contributed by atoms with Crippen molar-refractivity contribution in [2.45, 2.75) is 26.5 Å². The molecule has 0 aliphatic heterocycles. The molecule has 10 heteroatoms. The van der Waals surface area contributed by atoms with Crippen LogP contribution in [0.3, 0.4) is 0 Å². The van der Waals surface area contributed by atoms with E-state index in [-0.39, 0.29) is 16.9 Å². The van der Waals surface area contributed by atoms with Crippen molar-refractivity contribution in [3.05, 3.63) is 107 Å². The highest BCUT2D eigenvalue weighted by molar-refractivity contribution is 5.96. The lowest BCUT2D eigenvalue weighted by atomic mass is 9.98. The molecule has 3 heterocycles. The zero-order valence-electron chi connectivity index (χ0n) is 21.0. The molecule has 0 spiro atoms. The Bertz CT molecular complexity index is 1770. The minimum atomic E-state index is -3.00. The smallest absolute Gasteiger partial charge is 0.387 e. The average molecular weight is 525 g/mol. The molecule has 1 N–H and O–H groups in total. The number of hydrogen-bond donors (Lipinski definition) is 1. The predicted molar refractivity (Wildman–Crippen MR) is 143 cm³/mol. The minimum Gasteiger partial charge on any atom is -0.433 e. The fraction of sp³-hybridized carbons (Fsp3) is 0.138. The highest BCUT2D eigenvalue weighted by Gasteiger charge is 2.20. The third-order valence-corrected chi connectivity index (χ3v) is 6.17. The van der Waals surface area contributed by atoms with Crippen molar-refractivity contribution in [1.29, 1.82) is 5.26 Å². The van der Waals surface area contributed by atoms with Crippen molar-refractivity contribution >= 4 is 16.6 Å². The summed E-state index contributed by atoms with van der Waals surface area (Å²) in [5.74, 6) is 0.755. The van der Waals surface area contributed by atoms with Gasteiger partial charge in [-0.1, -0.05) is 36.4 Å². The first-order chi connectivity index (χ1) is 18.9. The van der Waals surface area contributed by atoms with E-state index in [1.54, 1.807) is 23.6 Å². The molecule has 0 fully saturated rings. The number of para-hydroxylation sites is 1. The Morgan fingerprint density at radius 3 is 2.59 bits per heavy atom. The molecule has 0 aliphatic rings. The quantitative estimate of drug-likeness (QED) is 0.287. The fourth-order valence-electron chi connectivity index (χ4n) is 4.46. The van der Waals surface area contributed by atoms with Gasteiger partial charge in [0, 0.05) is 23.1 Å². The maximum atomic E-state index is 14.2. The molecule has 5 rings (SSSR count). The SMILES string of the molecule is Cc1ncc(C#N)c(N[C@@H](C)c2cc3cccc(-c4cncc(OC(F)F)c4)c3c(=O)n2-c2ccccc2)n1. The topological polar surface area (TPSA) is 106 Å². The van der Waals surface area contributed by atoms with Crippen LogP contribution in [0.2, 0.25) is 0 Å². The third-order valence-electron chi connectivity index (χ3n) is 6.17. The van der Waals surface area contributed by atoms with Crippen molar-refractivity contribution in [1.82, 2.24) is 19.5 Å². The van der Waals surface area contributed by atoms with E-state index in [4.69, 9.17) is 0 Å². The van der Waals surface area contributed by atoms with Crippen LogP contribution in [0.1, 0.15) is 30.0 Å². The molecule has 2 aromatic carbocycles. The van der Waals surface area contributed by atoms with Crippen molar-refractivity contribution < 1.29 is 13.5 Å². The van der Waals surface area contributed by atoms with E-state index in [0.29, 0.717) is 44.9 Å². The first-order valence-electron chi connectivity index (χ1n) is 12.0. The van der Waals surface area contributed by atoms with Gasteiger partial charge in [-0.15, -0.1) is 0 Å². The number of aryl methyl sites for hydroxylation is 1. The van der Waals surface area contributed by atoms with Gasteiger partial charge in [0.15, 0.2) is 0 Å². The van der Waals surface area contributed by atoms with Crippen molar-refractivity contribution in [3.8, 4) is 28.6 Å². The van der Waals surface area contributed by atoms with Crippen LogP contribution in [0, 0.1) is 18.3 Å². The summed E-state index contributed by atoms with van der Waals surface area (Å²) in [6, 6.07) is 19.5. The minimum absolute atomic E-state index is 0.106. The second-order valence-electron chi connectivity index (χ2n) is 8.76. The maximum absolute atomic E-state index is 14.2. The number of benzene rings is 2. The van der Waals surface area contributed by atoms with Crippen molar-refractivity contribution in [3.63, 3.8) is 0 Å². The van der Waals surface area contributed by atoms with Gasteiger partial charge in [0.25, 0.3) is 5.56 Å². The Morgan fingerprint density at radius 1 is 1.05 bits per heavy atom. The van der Waals surface area contributed by atoms with Crippen molar-refractivity contribution in [2.75, 3.05) is 5.32 Å². The molecule has 39 heavy (non-hydrogen) atoms. The van der Waals surface area contributed by atoms with Crippen molar-refractivity contribution in [2.24, 2.45) is 0 Å². The van der Waals surface area contributed by atoms with Crippen LogP contribution in [0.25, 0.3) is 27.6 Å². The number of halogens is 2. The summed E-state index contributed by atoms with van der Waals surface area (Å²) in [6.45, 7) is 0.601. The molecule has 0 saturated carbocycles. The molecule has 0 unspecified atom stereocenters. The highest BCUT2D eigenvalue weighted by atomic mass is 19.3. The molecule has 0 saturated heterocycles. The molecule has 8 nitrogen and oxygen atoms in total. The predicted octanol–water partition coefficient (Wildman–Crippen LogP) is 5.80. The second kappa shape index (κ2) is 10.7. The number of alkyl halides is 2. The van der Waals surface area contributed by atoms with E-state index in [0.717, 1.165) is 0 Å². The van der Waals surface area contributed by atoms with E-state index in [2.05, 4.69) is 31.1 Å². The van der Waals surface area contributed by atoms with Gasteiger partial charge >= 0.3 is 6.61 Å². The highest BCUT2D eigenvalue weighted by Crippen LogP contribution is 2.31. The Balaban J connectivity index is 1.72. The summed E-state index contributed by atoms with van der Waals surface area (Å²) in [4.78, 5) is 26.7. The van der Waals surface area contributed by atoms with Crippen LogP contribution >= 0.6 is 0 Å². The molecule has 0 radical (unpaired) electrons. The van der Waals surface area contributed by atoms with Crippen LogP contribution in [0.15, 0.2) is 84.0 Å². The van der Waals surface area contributed by atoms with Gasteiger partial charge in [-0.05, 0) is 49.1 Å². The largest absolute Gasteiger partial charge is 0.433 e. The van der Waals surface area contributed by atoms with Crippen LogP contribution < -0.4 is 15.6 Å². The number of rotatable bonds is 7. The number of hydrogen-bond acceptors (Lipinski definition) is 7. The van der Waals surface area contributed by atoms with Crippen LogP contribution in [0.4, 0.5) is 14.6 Å². The standard InChI is InChI=1S/C29H22F2N6O2/c1-17(35-27-21(13-32)15-34-18(2)36-27)25-12-19-7-6-10-24(20-11-23(16-33-14-20)39-29(30)31)26(19)28(38)37(25)22-8-4-3-5-9-22/h3-12,14-17,29H,1-2H3,(H,34,35,36)/t17-/m0/s1. The van der Waals surface area contributed by atoms with Gasteiger partial charge in [-0.2, -0.15) is 14.0 Å². The number of anilines is 1. The number of pyridine rings is 2. The molecule has 0 amide bonds.